The van der Waals surface area contributed by atoms with Crippen molar-refractivity contribution in [2.45, 2.75) is 11.3 Å². The molecule has 116 valence electrons. The molecule has 2 rings (SSSR count). The lowest BCUT2D eigenvalue weighted by atomic mass is 10.4. The molecule has 1 aromatic heterocycles. The molecule has 0 fully saturated rings. The van der Waals surface area contributed by atoms with Crippen LogP contribution in [0, 0.1) is 0 Å². The third-order valence-corrected chi connectivity index (χ3v) is 4.71. The highest BCUT2D eigenvalue weighted by Crippen LogP contribution is 2.14. The summed E-state index contributed by atoms with van der Waals surface area (Å²) in [7, 11) is -3.61. The van der Waals surface area contributed by atoms with Gasteiger partial charge in [-0.05, 0) is 36.4 Å². The summed E-state index contributed by atoms with van der Waals surface area (Å²) in [6, 6.07) is 11.4. The lowest BCUT2D eigenvalue weighted by Gasteiger charge is -2.07. The Morgan fingerprint density at radius 1 is 1.14 bits per heavy atom. The van der Waals surface area contributed by atoms with E-state index in [9.17, 15) is 13.2 Å². The highest BCUT2D eigenvalue weighted by Gasteiger charge is 2.14. The third-order valence-electron chi connectivity index (χ3n) is 2.70. The minimum absolute atomic E-state index is 0.0110. The fourth-order valence-electron chi connectivity index (χ4n) is 1.64. The molecule has 0 spiro atoms. The lowest BCUT2D eigenvalue weighted by molar-refractivity contribution is -0.116. The number of pyridine rings is 1. The number of carbonyl (C=O) groups is 1. The molecule has 0 saturated carbocycles. The predicted octanol–water partition coefficient (Wildman–Crippen LogP) is 2.15. The van der Waals surface area contributed by atoms with Crippen molar-refractivity contribution in [1.82, 2.24) is 9.71 Å². The van der Waals surface area contributed by atoms with Gasteiger partial charge in [0.2, 0.25) is 15.9 Å². The summed E-state index contributed by atoms with van der Waals surface area (Å²) in [6.07, 6.45) is 1.58. The fraction of sp³-hybridized carbons (Fsp3) is 0.143. The second-order valence-electron chi connectivity index (χ2n) is 4.36. The first-order valence-corrected chi connectivity index (χ1v) is 8.71. The van der Waals surface area contributed by atoms with Crippen molar-refractivity contribution < 1.29 is 13.2 Å². The molecular weight excluding hydrogens is 370 g/mol. The summed E-state index contributed by atoms with van der Waals surface area (Å²) < 4.78 is 27.2. The Balaban J connectivity index is 1.85. The van der Waals surface area contributed by atoms with Gasteiger partial charge in [0.25, 0.3) is 0 Å². The summed E-state index contributed by atoms with van der Waals surface area (Å²) >= 11 is 3.24. The lowest BCUT2D eigenvalue weighted by Crippen LogP contribution is -2.27. The number of hydrogen-bond donors (Lipinski definition) is 2. The van der Waals surface area contributed by atoms with E-state index in [-0.39, 0.29) is 23.8 Å². The topological polar surface area (TPSA) is 88.2 Å². The highest BCUT2D eigenvalue weighted by atomic mass is 79.9. The molecule has 0 saturated heterocycles. The van der Waals surface area contributed by atoms with Crippen LogP contribution in [0.4, 0.5) is 5.82 Å². The monoisotopic (exact) mass is 383 g/mol. The maximum absolute atomic E-state index is 12.0. The van der Waals surface area contributed by atoms with Crippen molar-refractivity contribution >= 4 is 37.7 Å². The van der Waals surface area contributed by atoms with Gasteiger partial charge in [-0.2, -0.15) is 0 Å². The number of carbonyl (C=O) groups excluding carboxylic acids is 1. The molecule has 6 nitrogen and oxygen atoms in total. The number of hydrogen-bond acceptors (Lipinski definition) is 4. The van der Waals surface area contributed by atoms with E-state index < -0.39 is 10.0 Å². The van der Waals surface area contributed by atoms with Gasteiger partial charge in [0.15, 0.2) is 0 Å². The van der Waals surface area contributed by atoms with E-state index in [1.54, 1.807) is 36.5 Å². The Hall–Kier alpha value is -1.77. The number of amides is 1. The van der Waals surface area contributed by atoms with Crippen LogP contribution < -0.4 is 10.0 Å². The summed E-state index contributed by atoms with van der Waals surface area (Å²) in [5, 5.41) is 2.58. The molecule has 1 heterocycles. The highest BCUT2D eigenvalue weighted by molar-refractivity contribution is 9.10. The molecule has 1 amide bonds. The van der Waals surface area contributed by atoms with E-state index in [1.807, 2.05) is 0 Å². The molecule has 0 bridgehead atoms. The summed E-state index contributed by atoms with van der Waals surface area (Å²) in [5.41, 5.74) is 0. The van der Waals surface area contributed by atoms with E-state index in [1.165, 1.54) is 12.1 Å². The second kappa shape index (κ2) is 7.48. The van der Waals surface area contributed by atoms with Gasteiger partial charge in [-0.25, -0.2) is 18.1 Å². The largest absolute Gasteiger partial charge is 0.311 e. The van der Waals surface area contributed by atoms with Gasteiger partial charge in [0.05, 0.1) is 4.90 Å². The first kappa shape index (κ1) is 16.6. The minimum atomic E-state index is -3.61. The van der Waals surface area contributed by atoms with Crippen LogP contribution in [0.1, 0.15) is 6.42 Å². The Kier molecular flexibility index (Phi) is 5.64. The van der Waals surface area contributed by atoms with Gasteiger partial charge in [0.1, 0.15) is 5.82 Å². The second-order valence-corrected chi connectivity index (χ2v) is 7.05. The number of aromatic nitrogens is 1. The summed E-state index contributed by atoms with van der Waals surface area (Å²) in [4.78, 5) is 15.8. The molecule has 0 aliphatic rings. The average molecular weight is 384 g/mol. The minimum Gasteiger partial charge on any atom is -0.311 e. The Labute approximate surface area is 137 Å². The molecule has 2 aromatic rings. The van der Waals surface area contributed by atoms with Crippen molar-refractivity contribution in [3.63, 3.8) is 0 Å². The molecule has 1 aromatic carbocycles. The van der Waals surface area contributed by atoms with E-state index in [0.29, 0.717) is 5.82 Å². The van der Waals surface area contributed by atoms with E-state index in [0.717, 1.165) is 4.47 Å². The number of halogens is 1. The molecular formula is C14H14BrN3O3S. The van der Waals surface area contributed by atoms with E-state index in [2.05, 4.69) is 31.0 Å². The SMILES string of the molecule is O=C(CCNS(=O)(=O)c1ccc(Br)cc1)Nc1ccccn1. The first-order valence-electron chi connectivity index (χ1n) is 6.43. The van der Waals surface area contributed by atoms with Crippen LogP contribution in [0.15, 0.2) is 58.0 Å². The maximum Gasteiger partial charge on any atom is 0.240 e. The molecule has 0 atom stereocenters. The van der Waals surface area contributed by atoms with Crippen molar-refractivity contribution in [1.29, 1.82) is 0 Å². The van der Waals surface area contributed by atoms with Crippen molar-refractivity contribution in [3.8, 4) is 0 Å². The van der Waals surface area contributed by atoms with Crippen LogP contribution in [0.3, 0.4) is 0 Å². The zero-order valence-corrected chi connectivity index (χ0v) is 13.9. The number of rotatable bonds is 6. The number of anilines is 1. The Morgan fingerprint density at radius 2 is 1.86 bits per heavy atom. The zero-order chi connectivity index (χ0) is 16.0. The molecule has 0 unspecified atom stereocenters. The molecule has 2 N–H and O–H groups in total. The fourth-order valence-corrected chi connectivity index (χ4v) is 2.93. The third kappa shape index (κ3) is 4.90. The predicted molar refractivity (Wildman–Crippen MR) is 86.8 cm³/mol. The standard InChI is InChI=1S/C14H14BrN3O3S/c15-11-4-6-12(7-5-11)22(20,21)17-10-8-14(19)18-13-3-1-2-9-16-13/h1-7,9,17H,8,10H2,(H,16,18,19). The van der Waals surface area contributed by atoms with Crippen molar-refractivity contribution in [3.05, 3.63) is 53.1 Å². The molecule has 22 heavy (non-hydrogen) atoms. The Bertz CT molecular complexity index is 734. The van der Waals surface area contributed by atoms with Crippen LogP contribution in [-0.4, -0.2) is 25.9 Å². The molecule has 0 radical (unpaired) electrons. The van der Waals surface area contributed by atoms with Crippen LogP contribution in [0.25, 0.3) is 0 Å². The van der Waals surface area contributed by atoms with E-state index >= 15 is 0 Å². The average Bonchev–Trinajstić information content (AvgIpc) is 2.48. The number of nitrogens with zero attached hydrogens (tertiary/aromatic N) is 1. The van der Waals surface area contributed by atoms with Gasteiger partial charge in [-0.3, -0.25) is 4.79 Å². The van der Waals surface area contributed by atoms with Crippen LogP contribution in [0.5, 0.6) is 0 Å². The summed E-state index contributed by atoms with van der Waals surface area (Å²) in [6.45, 7) is 0.0110. The van der Waals surface area contributed by atoms with Gasteiger partial charge in [-0.1, -0.05) is 22.0 Å². The molecule has 0 aliphatic carbocycles. The van der Waals surface area contributed by atoms with Gasteiger partial charge >= 0.3 is 0 Å². The Morgan fingerprint density at radius 3 is 2.50 bits per heavy atom. The van der Waals surface area contributed by atoms with Crippen LogP contribution in [-0.2, 0) is 14.8 Å². The molecule has 0 aliphatic heterocycles. The number of benzene rings is 1. The summed E-state index contributed by atoms with van der Waals surface area (Å²) in [5.74, 6) is 0.125. The van der Waals surface area contributed by atoms with Crippen molar-refractivity contribution in [2.24, 2.45) is 0 Å². The van der Waals surface area contributed by atoms with Gasteiger partial charge in [0, 0.05) is 23.6 Å². The van der Waals surface area contributed by atoms with Gasteiger partial charge < -0.3 is 5.32 Å². The van der Waals surface area contributed by atoms with Crippen LogP contribution >= 0.6 is 15.9 Å². The van der Waals surface area contributed by atoms with E-state index in [4.69, 9.17) is 0 Å². The van der Waals surface area contributed by atoms with Crippen molar-refractivity contribution in [2.75, 3.05) is 11.9 Å². The van der Waals surface area contributed by atoms with Crippen LogP contribution in [0.2, 0.25) is 0 Å². The first-order chi connectivity index (χ1) is 10.5. The maximum atomic E-state index is 12.0. The number of nitrogens with one attached hydrogen (secondary N) is 2. The smallest absolute Gasteiger partial charge is 0.240 e. The number of sulfonamides is 1. The molecule has 8 heteroatoms. The quantitative estimate of drug-likeness (QED) is 0.799. The zero-order valence-electron chi connectivity index (χ0n) is 11.5. The van der Waals surface area contributed by atoms with Gasteiger partial charge in [-0.15, -0.1) is 0 Å². The normalized spacial score (nSPS) is 11.1.